The number of fused-ring (bicyclic) bond motifs is 1. The van der Waals surface area contributed by atoms with Crippen LogP contribution in [0.4, 0.5) is 10.5 Å². The number of halogens is 1. The normalized spacial score (nSPS) is 10.5. The fourth-order valence-corrected chi connectivity index (χ4v) is 2.51. The van der Waals surface area contributed by atoms with Gasteiger partial charge in [-0.2, -0.15) is 0 Å². The first kappa shape index (κ1) is 14.3. The number of nitro groups is 1. The summed E-state index contributed by atoms with van der Waals surface area (Å²) < 4.78 is 14.0. The molecule has 1 heterocycles. The van der Waals surface area contributed by atoms with Gasteiger partial charge in [-0.05, 0) is 18.3 Å². The number of ether oxygens (including phenoxy) is 2. The van der Waals surface area contributed by atoms with E-state index in [0.717, 1.165) is 6.07 Å². The third-order valence-corrected chi connectivity index (χ3v) is 3.36. The van der Waals surface area contributed by atoms with Gasteiger partial charge in [-0.25, -0.2) is 9.59 Å². The number of nitro benzene ring substituents is 1. The lowest BCUT2D eigenvalue weighted by molar-refractivity contribution is -0.382. The van der Waals surface area contributed by atoms with E-state index < -0.39 is 26.7 Å². The summed E-state index contributed by atoms with van der Waals surface area (Å²) in [5.74, 6) is -0.314. The number of carbonyl (C=O) groups is 1. The van der Waals surface area contributed by atoms with E-state index in [9.17, 15) is 19.7 Å². The van der Waals surface area contributed by atoms with Crippen molar-refractivity contribution in [1.82, 2.24) is 0 Å². The molecular weight excluding hydrogens is 314 g/mol. The van der Waals surface area contributed by atoms with Gasteiger partial charge in [0.1, 0.15) is 0 Å². The number of hydrogen-bond donors (Lipinski definition) is 0. The highest BCUT2D eigenvalue weighted by atomic mass is 35.5. The Morgan fingerprint density at radius 1 is 1.60 bits per heavy atom. The zero-order valence-electron chi connectivity index (χ0n) is 9.88. The lowest BCUT2D eigenvalue weighted by Gasteiger charge is -2.06. The maximum atomic E-state index is 11.2. The number of carbonyl (C=O) groups excluding carboxylic acids is 1. The molecule has 106 valence electrons. The predicted molar refractivity (Wildman–Crippen MR) is 69.7 cm³/mol. The minimum Gasteiger partial charge on any atom is -0.434 e. The molecule has 0 saturated heterocycles. The first-order valence-corrected chi connectivity index (χ1v) is 6.38. The molecule has 0 N–H and O–H groups in total. The Labute approximate surface area is 119 Å². The van der Waals surface area contributed by atoms with Crippen LogP contribution in [-0.4, -0.2) is 17.7 Å². The van der Waals surface area contributed by atoms with Crippen LogP contribution in [0.3, 0.4) is 0 Å². The topological polar surface area (TPSA) is 109 Å². The average Bonchev–Trinajstić information content (AvgIpc) is 2.69. The fraction of sp³-hybridized carbons (Fsp3) is 0.200. The van der Waals surface area contributed by atoms with Crippen molar-refractivity contribution in [3.05, 3.63) is 30.9 Å². The summed E-state index contributed by atoms with van der Waals surface area (Å²) in [6.07, 6.45) is -1.07. The molecule has 1 aromatic heterocycles. The number of nitrogens with zero attached hydrogens (tertiary/aromatic N) is 1. The zero-order valence-corrected chi connectivity index (χ0v) is 11.4. The van der Waals surface area contributed by atoms with Crippen molar-refractivity contribution in [3.63, 3.8) is 0 Å². The molecule has 2 aromatic rings. The molecule has 8 nitrogen and oxygen atoms in total. The monoisotopic (exact) mass is 319 g/mol. The van der Waals surface area contributed by atoms with E-state index in [4.69, 9.17) is 20.8 Å². The Hall–Kier alpha value is -2.13. The highest BCUT2D eigenvalue weighted by molar-refractivity contribution is 7.16. The molecule has 20 heavy (non-hydrogen) atoms. The van der Waals surface area contributed by atoms with Gasteiger partial charge < -0.3 is 13.9 Å². The number of hydrogen-bond acceptors (Lipinski definition) is 8. The van der Waals surface area contributed by atoms with Crippen LogP contribution in [0.5, 0.6) is 5.75 Å². The second-order valence-electron chi connectivity index (χ2n) is 3.36. The van der Waals surface area contributed by atoms with Gasteiger partial charge in [0.05, 0.1) is 11.5 Å². The van der Waals surface area contributed by atoms with Gasteiger partial charge in [-0.3, -0.25) is 10.1 Å². The molecule has 0 atom stereocenters. The van der Waals surface area contributed by atoms with E-state index in [1.54, 1.807) is 6.92 Å². The second kappa shape index (κ2) is 5.47. The molecule has 0 bridgehead atoms. The molecule has 0 fully saturated rings. The first-order valence-electron chi connectivity index (χ1n) is 5.19. The smallest absolute Gasteiger partial charge is 0.434 e. The van der Waals surface area contributed by atoms with Crippen LogP contribution in [0.2, 0.25) is 5.02 Å². The average molecular weight is 320 g/mol. The van der Waals surface area contributed by atoms with Crippen LogP contribution in [0, 0.1) is 10.1 Å². The largest absolute Gasteiger partial charge is 0.513 e. The van der Waals surface area contributed by atoms with Crippen LogP contribution >= 0.6 is 22.9 Å². The van der Waals surface area contributed by atoms with Crippen LogP contribution in [-0.2, 0) is 4.74 Å². The quantitative estimate of drug-likeness (QED) is 0.370. The van der Waals surface area contributed by atoms with Crippen molar-refractivity contribution < 1.29 is 23.6 Å². The van der Waals surface area contributed by atoms with Gasteiger partial charge in [0.2, 0.25) is 0 Å². The van der Waals surface area contributed by atoms with Gasteiger partial charge in [0.25, 0.3) is 0 Å². The van der Waals surface area contributed by atoms with Crippen LogP contribution in [0.15, 0.2) is 15.3 Å². The lowest BCUT2D eigenvalue weighted by atomic mass is 10.3. The lowest BCUT2D eigenvalue weighted by Crippen LogP contribution is -2.10. The van der Waals surface area contributed by atoms with Crippen molar-refractivity contribution in [1.29, 1.82) is 0 Å². The fourth-order valence-electron chi connectivity index (χ4n) is 1.42. The van der Waals surface area contributed by atoms with Crippen molar-refractivity contribution in [3.8, 4) is 5.75 Å². The van der Waals surface area contributed by atoms with Gasteiger partial charge in [-0.1, -0.05) is 11.6 Å². The first-order chi connectivity index (χ1) is 9.43. The molecular formula is C10H6ClNO7S. The third kappa shape index (κ3) is 2.58. The molecule has 0 saturated carbocycles. The summed E-state index contributed by atoms with van der Waals surface area (Å²) in [4.78, 5) is 31.9. The molecule has 0 radical (unpaired) electrons. The summed E-state index contributed by atoms with van der Waals surface area (Å²) >= 11 is 6.36. The van der Waals surface area contributed by atoms with E-state index >= 15 is 0 Å². The Kier molecular flexibility index (Phi) is 3.91. The van der Waals surface area contributed by atoms with Crippen LogP contribution in [0.1, 0.15) is 6.92 Å². The van der Waals surface area contributed by atoms with E-state index in [-0.39, 0.29) is 22.6 Å². The molecule has 0 amide bonds. The summed E-state index contributed by atoms with van der Waals surface area (Å²) in [5.41, 5.74) is -0.644. The standard InChI is InChI=1S/C10H6ClNO7S/c1-2-17-9(13)18-4-3-5-8(20-10(14)19-5)7(6(4)11)12(15)16/h3H,2H2,1H3. The molecule has 0 aliphatic carbocycles. The van der Waals surface area contributed by atoms with Gasteiger partial charge in [0, 0.05) is 6.07 Å². The van der Waals surface area contributed by atoms with Crippen LogP contribution in [0.25, 0.3) is 10.3 Å². The summed E-state index contributed by atoms with van der Waals surface area (Å²) in [6, 6.07) is 1.12. The minimum atomic E-state index is -1.07. The molecule has 2 rings (SSSR count). The van der Waals surface area contributed by atoms with Crippen LogP contribution < -0.4 is 9.68 Å². The summed E-state index contributed by atoms with van der Waals surface area (Å²) in [7, 11) is 0. The molecule has 0 aliphatic rings. The molecule has 10 heteroatoms. The predicted octanol–water partition coefficient (Wildman–Crippen LogP) is 2.95. The Balaban J connectivity index is 2.61. The molecule has 0 unspecified atom stereocenters. The van der Waals surface area contributed by atoms with Crippen molar-refractivity contribution in [2.75, 3.05) is 6.61 Å². The molecule has 1 aromatic carbocycles. The highest BCUT2D eigenvalue weighted by Gasteiger charge is 2.27. The Bertz CT molecular complexity index is 750. The molecule has 0 spiro atoms. The van der Waals surface area contributed by atoms with Gasteiger partial charge >= 0.3 is 16.8 Å². The van der Waals surface area contributed by atoms with Crippen molar-refractivity contribution in [2.24, 2.45) is 0 Å². The maximum absolute atomic E-state index is 11.2. The number of rotatable bonds is 3. The van der Waals surface area contributed by atoms with E-state index in [1.807, 2.05) is 0 Å². The van der Waals surface area contributed by atoms with Crippen molar-refractivity contribution in [2.45, 2.75) is 6.92 Å². The second-order valence-corrected chi connectivity index (χ2v) is 4.68. The van der Waals surface area contributed by atoms with Crippen molar-refractivity contribution >= 4 is 45.1 Å². The Morgan fingerprint density at radius 3 is 2.90 bits per heavy atom. The zero-order chi connectivity index (χ0) is 14.9. The van der Waals surface area contributed by atoms with E-state index in [2.05, 4.69) is 4.74 Å². The van der Waals surface area contributed by atoms with E-state index in [1.165, 1.54) is 0 Å². The number of benzene rings is 1. The third-order valence-electron chi connectivity index (χ3n) is 2.14. The minimum absolute atomic E-state index is 0.0267. The Morgan fingerprint density at radius 2 is 2.30 bits per heavy atom. The van der Waals surface area contributed by atoms with E-state index in [0.29, 0.717) is 11.3 Å². The highest BCUT2D eigenvalue weighted by Crippen LogP contribution is 2.41. The summed E-state index contributed by atoms with van der Waals surface area (Å²) in [5, 5.41) is 10.6. The molecule has 0 aliphatic heterocycles. The summed E-state index contributed by atoms with van der Waals surface area (Å²) in [6.45, 7) is 1.63. The van der Waals surface area contributed by atoms with Gasteiger partial charge in [0.15, 0.2) is 21.1 Å². The van der Waals surface area contributed by atoms with Gasteiger partial charge in [-0.15, -0.1) is 0 Å². The SMILES string of the molecule is CCOC(=O)Oc1cc2oc(=O)sc2c([N+](=O)[O-])c1Cl. The maximum Gasteiger partial charge on any atom is 0.513 e.